The molecule has 0 amide bonds. The van der Waals surface area contributed by atoms with Crippen LogP contribution < -0.4 is 9.47 Å². The maximum atomic E-state index is 13.0. The number of hydrogen-bond acceptors (Lipinski definition) is 10. The van der Waals surface area contributed by atoms with Gasteiger partial charge in [-0.1, -0.05) is 26.8 Å². The van der Waals surface area contributed by atoms with Crippen LogP contribution in [0.3, 0.4) is 0 Å². The Morgan fingerprint density at radius 2 is 1.28 bits per heavy atom. The van der Waals surface area contributed by atoms with E-state index >= 15 is 0 Å². The predicted octanol–water partition coefficient (Wildman–Crippen LogP) is 8.70. The number of hydrogen-bond donors (Lipinski definition) is 0. The first-order valence-electron chi connectivity index (χ1n) is 19.7. The molecule has 1 saturated carbocycles. The highest BCUT2D eigenvalue weighted by atomic mass is 16.6. The molecule has 0 radical (unpaired) electrons. The van der Waals surface area contributed by atoms with E-state index in [0.29, 0.717) is 56.0 Å². The lowest BCUT2D eigenvalue weighted by molar-refractivity contribution is -0.150. The highest BCUT2D eigenvalue weighted by Gasteiger charge is 2.37. The Bertz CT molecular complexity index is 1380. The Balaban J connectivity index is 1.07. The molecule has 1 heterocycles. The fraction of sp³-hybridized carbons (Fsp3) is 0.605. The van der Waals surface area contributed by atoms with Gasteiger partial charge in [-0.3, -0.25) is 0 Å². The summed E-state index contributed by atoms with van der Waals surface area (Å²) in [5.41, 5.74) is 1.22. The first-order valence-corrected chi connectivity index (χ1v) is 19.7. The molecular formula is C43H60O10. The first kappa shape index (κ1) is 41.9. The van der Waals surface area contributed by atoms with E-state index in [1.807, 2.05) is 12.1 Å². The lowest BCUT2D eigenvalue weighted by Crippen LogP contribution is -2.45. The molecule has 4 rings (SSSR count). The topological polar surface area (TPSA) is 116 Å². The van der Waals surface area contributed by atoms with Gasteiger partial charge in [-0.25, -0.2) is 14.4 Å². The average Bonchev–Trinajstić information content (AvgIpc) is 3.16. The molecule has 2 aromatic rings. The Morgan fingerprint density at radius 3 is 1.79 bits per heavy atom. The quantitative estimate of drug-likeness (QED) is 0.0424. The van der Waals surface area contributed by atoms with Crippen molar-refractivity contribution in [2.45, 2.75) is 110 Å². The maximum Gasteiger partial charge on any atom is 0.338 e. The van der Waals surface area contributed by atoms with Crippen molar-refractivity contribution >= 4 is 17.9 Å². The minimum absolute atomic E-state index is 0.0982. The molecule has 3 atom stereocenters. The summed E-state index contributed by atoms with van der Waals surface area (Å²) >= 11 is 0. The molecule has 10 heteroatoms. The van der Waals surface area contributed by atoms with Gasteiger partial charge in [0.05, 0.1) is 50.8 Å². The molecule has 292 valence electrons. The minimum atomic E-state index is -0.392. The number of esters is 3. The highest BCUT2D eigenvalue weighted by molar-refractivity contribution is 5.90. The summed E-state index contributed by atoms with van der Waals surface area (Å²) in [7, 11) is 0. The van der Waals surface area contributed by atoms with Crippen molar-refractivity contribution in [3.05, 3.63) is 72.3 Å². The molecule has 0 N–H and O–H groups in total. The van der Waals surface area contributed by atoms with E-state index in [2.05, 4.69) is 20.4 Å². The van der Waals surface area contributed by atoms with Crippen LogP contribution in [0.15, 0.2) is 61.2 Å². The minimum Gasteiger partial charge on any atom is -0.494 e. The van der Waals surface area contributed by atoms with Crippen molar-refractivity contribution in [3.8, 4) is 11.5 Å². The molecule has 10 nitrogen and oxygen atoms in total. The van der Waals surface area contributed by atoms with Gasteiger partial charge in [0.25, 0.3) is 0 Å². The van der Waals surface area contributed by atoms with E-state index in [-0.39, 0.29) is 35.5 Å². The van der Waals surface area contributed by atoms with Crippen molar-refractivity contribution in [2.24, 2.45) is 11.3 Å². The molecule has 0 bridgehead atoms. The van der Waals surface area contributed by atoms with E-state index < -0.39 is 5.97 Å². The second-order valence-corrected chi connectivity index (χ2v) is 14.3. The lowest BCUT2D eigenvalue weighted by Gasteiger charge is -2.40. The van der Waals surface area contributed by atoms with Crippen molar-refractivity contribution in [1.29, 1.82) is 0 Å². The number of unbranched alkanes of at least 4 members (excludes halogenated alkanes) is 6. The zero-order valence-electron chi connectivity index (χ0n) is 31.9. The van der Waals surface area contributed by atoms with Crippen LogP contribution in [-0.2, 0) is 28.5 Å². The summed E-state index contributed by atoms with van der Waals surface area (Å²) in [6, 6.07) is 14.2. The van der Waals surface area contributed by atoms with Crippen LogP contribution in [0.1, 0.15) is 118 Å². The van der Waals surface area contributed by atoms with Crippen molar-refractivity contribution in [2.75, 3.05) is 46.2 Å². The third-order valence-corrected chi connectivity index (χ3v) is 10.2. The summed E-state index contributed by atoms with van der Waals surface area (Å²) in [6.07, 6.45) is 12.4. The normalized spacial score (nSPS) is 19.0. The van der Waals surface area contributed by atoms with Crippen LogP contribution >= 0.6 is 0 Å². The second-order valence-electron chi connectivity index (χ2n) is 14.3. The fourth-order valence-electron chi connectivity index (χ4n) is 6.58. The van der Waals surface area contributed by atoms with Crippen LogP contribution in [0.25, 0.3) is 0 Å². The van der Waals surface area contributed by atoms with Crippen molar-refractivity contribution in [3.63, 3.8) is 0 Å². The monoisotopic (exact) mass is 736 g/mol. The molecule has 0 aromatic heterocycles. The van der Waals surface area contributed by atoms with Gasteiger partial charge in [0.2, 0.25) is 0 Å². The van der Waals surface area contributed by atoms with Crippen molar-refractivity contribution < 1.29 is 47.5 Å². The molecule has 2 aromatic carbocycles. The summed E-state index contributed by atoms with van der Waals surface area (Å²) in [5, 5.41) is 0. The van der Waals surface area contributed by atoms with Crippen LogP contribution in [0.5, 0.6) is 11.5 Å². The number of carbonyl (C=O) groups is 3. The molecule has 53 heavy (non-hydrogen) atoms. The van der Waals surface area contributed by atoms with E-state index in [9.17, 15) is 14.4 Å². The Morgan fingerprint density at radius 1 is 0.736 bits per heavy atom. The smallest absolute Gasteiger partial charge is 0.338 e. The Labute approximate surface area is 315 Å². The van der Waals surface area contributed by atoms with Gasteiger partial charge in [0.1, 0.15) is 23.7 Å². The fourth-order valence-corrected chi connectivity index (χ4v) is 6.58. The number of benzene rings is 2. The van der Waals surface area contributed by atoms with Crippen LogP contribution in [-0.4, -0.2) is 76.4 Å². The van der Waals surface area contributed by atoms with Crippen molar-refractivity contribution in [1.82, 2.24) is 0 Å². The molecule has 2 aliphatic rings. The van der Waals surface area contributed by atoms with Gasteiger partial charge in [-0.05, 0) is 131 Å². The first-order chi connectivity index (χ1) is 25.8. The number of carbonyl (C=O) groups excluding carboxylic acids is 3. The van der Waals surface area contributed by atoms with E-state index in [1.54, 1.807) is 36.4 Å². The molecule has 1 aliphatic heterocycles. The van der Waals surface area contributed by atoms with Gasteiger partial charge in [-0.15, -0.1) is 0 Å². The largest absolute Gasteiger partial charge is 0.494 e. The predicted molar refractivity (Wildman–Crippen MR) is 202 cm³/mol. The van der Waals surface area contributed by atoms with Gasteiger partial charge >= 0.3 is 17.9 Å². The Hall–Kier alpha value is -3.89. The number of rotatable bonds is 25. The van der Waals surface area contributed by atoms with Gasteiger partial charge in [0, 0.05) is 18.1 Å². The standard InChI is InChI=1S/C43H60O10/c1-4-33-29-38(23-24-39(33)53-42(46)35-17-21-37(22-18-35)50-27-13-9-10-14-28-51-40(44)5-2)52-41(45)34-15-19-36(20-16-34)49-26-12-8-7-11-25-47-30-43(6-3)31-48-32-43/h5,15-22,33,38-39H,2,4,6-14,23-32H2,1,3H3/t33-,38-,39-/m0/s1. The summed E-state index contributed by atoms with van der Waals surface area (Å²) in [6.45, 7) is 12.5. The molecule has 0 spiro atoms. The molecule has 0 unspecified atom stereocenters. The number of ether oxygens (including phenoxy) is 7. The third kappa shape index (κ3) is 14.5. The summed E-state index contributed by atoms with van der Waals surface area (Å²) < 4.78 is 39.8. The zero-order chi connectivity index (χ0) is 37.7. The SMILES string of the molecule is C=CC(=O)OCCCCCCOc1ccc(C(=O)O[C@H]2CC[C@H](OC(=O)c3ccc(OCCCCCCOCC4(CC)COC4)cc3)C[C@@H]2CC)cc1. The maximum absolute atomic E-state index is 13.0. The summed E-state index contributed by atoms with van der Waals surface area (Å²) in [4.78, 5) is 37.0. The molecule has 1 aliphatic carbocycles. The highest BCUT2D eigenvalue weighted by Crippen LogP contribution is 2.33. The lowest BCUT2D eigenvalue weighted by atomic mass is 9.83. The van der Waals surface area contributed by atoms with Crippen LogP contribution in [0.4, 0.5) is 0 Å². The molecule has 2 fully saturated rings. The summed E-state index contributed by atoms with van der Waals surface area (Å²) in [5.74, 6) is 0.429. The van der Waals surface area contributed by atoms with E-state index in [0.717, 1.165) is 96.4 Å². The third-order valence-electron chi connectivity index (χ3n) is 10.2. The van der Waals surface area contributed by atoms with Crippen LogP contribution in [0.2, 0.25) is 0 Å². The van der Waals surface area contributed by atoms with Gasteiger partial charge in [0.15, 0.2) is 0 Å². The van der Waals surface area contributed by atoms with Crippen LogP contribution in [0, 0.1) is 11.3 Å². The van der Waals surface area contributed by atoms with E-state index in [1.165, 1.54) is 6.08 Å². The average molecular weight is 737 g/mol. The van der Waals surface area contributed by atoms with Gasteiger partial charge in [-0.2, -0.15) is 0 Å². The second kappa shape index (κ2) is 23.0. The zero-order valence-corrected chi connectivity index (χ0v) is 31.9. The van der Waals surface area contributed by atoms with Gasteiger partial charge < -0.3 is 33.2 Å². The van der Waals surface area contributed by atoms with E-state index in [4.69, 9.17) is 33.2 Å². The molecule has 1 saturated heterocycles. The molecular weight excluding hydrogens is 676 g/mol. The Kier molecular flexibility index (Phi) is 18.2.